The van der Waals surface area contributed by atoms with Crippen LogP contribution in [-0.4, -0.2) is 45.9 Å². The van der Waals surface area contributed by atoms with Crippen molar-refractivity contribution in [2.24, 2.45) is 5.92 Å². The minimum Gasteiger partial charge on any atom is -0.383 e. The van der Waals surface area contributed by atoms with Gasteiger partial charge in [0.25, 0.3) is 0 Å². The second-order valence-corrected chi connectivity index (χ2v) is 8.40. The Morgan fingerprint density at radius 3 is 2.93 bits per heavy atom. The molecule has 4 rings (SSSR count). The van der Waals surface area contributed by atoms with Crippen LogP contribution in [0.25, 0.3) is 11.0 Å². The summed E-state index contributed by atoms with van der Waals surface area (Å²) in [7, 11) is 1.64. The number of hydrogen-bond donors (Lipinski definition) is 2. The Hall–Kier alpha value is -2.52. The Kier molecular flexibility index (Phi) is 5.51. The molecule has 1 aliphatic rings. The number of methoxy groups -OCH3 is 1. The highest BCUT2D eigenvalue weighted by Gasteiger charge is 2.35. The SMILES string of the molecule is COCCNc1nc(C2C(=O)Nc3ccc(Br)cc32)c2cn(CC(C)C)nc2n1. The lowest BCUT2D eigenvalue weighted by Gasteiger charge is -2.12. The van der Waals surface area contributed by atoms with E-state index in [0.29, 0.717) is 36.4 Å². The number of carbonyl (C=O) groups is 1. The summed E-state index contributed by atoms with van der Waals surface area (Å²) in [6.45, 7) is 6.12. The van der Waals surface area contributed by atoms with Gasteiger partial charge in [0.05, 0.1) is 17.7 Å². The van der Waals surface area contributed by atoms with E-state index in [-0.39, 0.29) is 5.91 Å². The lowest BCUT2D eigenvalue weighted by molar-refractivity contribution is -0.116. The number of benzene rings is 1. The zero-order valence-corrected chi connectivity index (χ0v) is 18.2. The molecule has 0 spiro atoms. The fourth-order valence-corrected chi connectivity index (χ4v) is 3.89. The van der Waals surface area contributed by atoms with E-state index < -0.39 is 5.92 Å². The van der Waals surface area contributed by atoms with Crippen LogP contribution in [0.3, 0.4) is 0 Å². The lowest BCUT2D eigenvalue weighted by atomic mass is 9.95. The molecule has 8 nitrogen and oxygen atoms in total. The first-order valence-electron chi connectivity index (χ1n) is 9.54. The van der Waals surface area contributed by atoms with Crippen LogP contribution in [0.5, 0.6) is 0 Å². The third-order valence-electron chi connectivity index (χ3n) is 4.72. The maximum atomic E-state index is 12.9. The van der Waals surface area contributed by atoms with Gasteiger partial charge in [-0.15, -0.1) is 0 Å². The minimum absolute atomic E-state index is 0.0995. The number of hydrogen-bond acceptors (Lipinski definition) is 6. The smallest absolute Gasteiger partial charge is 0.238 e. The first-order valence-corrected chi connectivity index (χ1v) is 10.3. The maximum Gasteiger partial charge on any atom is 0.238 e. The van der Waals surface area contributed by atoms with Crippen molar-refractivity contribution in [2.45, 2.75) is 26.3 Å². The van der Waals surface area contributed by atoms with E-state index in [1.54, 1.807) is 7.11 Å². The number of anilines is 2. The summed E-state index contributed by atoms with van der Waals surface area (Å²) in [5, 5.41) is 11.5. The van der Waals surface area contributed by atoms with E-state index in [9.17, 15) is 4.79 Å². The summed E-state index contributed by atoms with van der Waals surface area (Å²) in [4.78, 5) is 22.2. The first kappa shape index (κ1) is 19.8. The highest BCUT2D eigenvalue weighted by atomic mass is 79.9. The molecule has 0 saturated carbocycles. The Labute approximate surface area is 177 Å². The van der Waals surface area contributed by atoms with E-state index in [1.807, 2.05) is 29.1 Å². The van der Waals surface area contributed by atoms with Crippen LogP contribution in [-0.2, 0) is 16.1 Å². The number of halogens is 1. The van der Waals surface area contributed by atoms with Crippen LogP contribution in [0.2, 0.25) is 0 Å². The molecule has 2 N–H and O–H groups in total. The number of nitrogens with one attached hydrogen (secondary N) is 2. The predicted octanol–water partition coefficient (Wildman–Crippen LogP) is 3.39. The average molecular weight is 459 g/mol. The molecule has 0 aliphatic carbocycles. The van der Waals surface area contributed by atoms with Gasteiger partial charge >= 0.3 is 0 Å². The summed E-state index contributed by atoms with van der Waals surface area (Å²) in [6, 6.07) is 5.77. The summed E-state index contributed by atoms with van der Waals surface area (Å²) >= 11 is 3.51. The van der Waals surface area contributed by atoms with Crippen LogP contribution >= 0.6 is 15.9 Å². The van der Waals surface area contributed by atoms with Gasteiger partial charge in [0.15, 0.2) is 5.65 Å². The number of ether oxygens (including phenoxy) is 1. The Bertz CT molecular complexity index is 1060. The van der Waals surface area contributed by atoms with Crippen LogP contribution in [0.4, 0.5) is 11.6 Å². The van der Waals surface area contributed by atoms with Gasteiger partial charge in [-0.05, 0) is 29.7 Å². The van der Waals surface area contributed by atoms with Crippen molar-refractivity contribution in [3.05, 3.63) is 40.1 Å². The Morgan fingerprint density at radius 2 is 2.17 bits per heavy atom. The van der Waals surface area contributed by atoms with E-state index in [0.717, 1.165) is 27.7 Å². The van der Waals surface area contributed by atoms with E-state index in [1.165, 1.54) is 0 Å². The van der Waals surface area contributed by atoms with Crippen molar-refractivity contribution < 1.29 is 9.53 Å². The molecule has 3 heterocycles. The average Bonchev–Trinajstić information content (AvgIpc) is 3.20. The minimum atomic E-state index is -0.521. The van der Waals surface area contributed by atoms with Gasteiger partial charge in [0.1, 0.15) is 5.92 Å². The van der Waals surface area contributed by atoms with Crippen molar-refractivity contribution in [2.75, 3.05) is 30.9 Å². The first-order chi connectivity index (χ1) is 14.0. The quantitative estimate of drug-likeness (QED) is 0.527. The third-order valence-corrected chi connectivity index (χ3v) is 5.21. The highest BCUT2D eigenvalue weighted by molar-refractivity contribution is 9.10. The molecule has 1 aromatic carbocycles. The third kappa shape index (κ3) is 3.97. The number of fused-ring (bicyclic) bond motifs is 2. The largest absolute Gasteiger partial charge is 0.383 e. The number of rotatable bonds is 7. The van der Waals surface area contributed by atoms with Gasteiger partial charge in [-0.1, -0.05) is 29.8 Å². The molecular formula is C20H23BrN6O2. The van der Waals surface area contributed by atoms with Gasteiger partial charge in [0.2, 0.25) is 11.9 Å². The lowest BCUT2D eigenvalue weighted by Crippen LogP contribution is -2.17. The van der Waals surface area contributed by atoms with Crippen molar-refractivity contribution >= 4 is 44.5 Å². The fraction of sp³-hybridized carbons (Fsp3) is 0.400. The molecular weight excluding hydrogens is 436 g/mol. The van der Waals surface area contributed by atoms with Gasteiger partial charge in [-0.2, -0.15) is 10.1 Å². The number of carbonyl (C=O) groups excluding carboxylic acids is 1. The molecule has 0 fully saturated rings. The monoisotopic (exact) mass is 458 g/mol. The molecule has 0 saturated heterocycles. The zero-order chi connectivity index (χ0) is 20.5. The Balaban J connectivity index is 1.84. The summed E-state index contributed by atoms with van der Waals surface area (Å²) in [6.07, 6.45) is 1.94. The number of amides is 1. The summed E-state index contributed by atoms with van der Waals surface area (Å²) < 4.78 is 7.89. The summed E-state index contributed by atoms with van der Waals surface area (Å²) in [5.74, 6) is 0.257. The molecule has 2 aromatic heterocycles. The number of aromatic nitrogens is 4. The van der Waals surface area contributed by atoms with E-state index >= 15 is 0 Å². The zero-order valence-electron chi connectivity index (χ0n) is 16.6. The van der Waals surface area contributed by atoms with E-state index in [4.69, 9.17) is 9.72 Å². The van der Waals surface area contributed by atoms with Crippen LogP contribution < -0.4 is 10.6 Å². The van der Waals surface area contributed by atoms with Crippen molar-refractivity contribution in [1.29, 1.82) is 0 Å². The van der Waals surface area contributed by atoms with Crippen LogP contribution in [0, 0.1) is 5.92 Å². The molecule has 3 aromatic rings. The standard InChI is InChI=1S/C20H23BrN6O2/c1-11(2)9-27-10-14-17(24-20(22-6-7-29-3)25-18(14)26-27)16-13-8-12(21)4-5-15(13)23-19(16)28/h4-5,8,10-11,16H,6-7,9H2,1-3H3,(H,23,28)(H,22,25,26). The van der Waals surface area contributed by atoms with Crippen molar-refractivity contribution in [1.82, 2.24) is 19.7 Å². The molecule has 29 heavy (non-hydrogen) atoms. The molecule has 0 radical (unpaired) electrons. The molecule has 152 valence electrons. The topological polar surface area (TPSA) is 94.0 Å². The Morgan fingerprint density at radius 1 is 1.34 bits per heavy atom. The molecule has 1 atom stereocenters. The predicted molar refractivity (Wildman–Crippen MR) is 115 cm³/mol. The second-order valence-electron chi connectivity index (χ2n) is 7.49. The maximum absolute atomic E-state index is 12.9. The van der Waals surface area contributed by atoms with Gasteiger partial charge in [-0.25, -0.2) is 4.98 Å². The summed E-state index contributed by atoms with van der Waals surface area (Å²) in [5.41, 5.74) is 2.92. The van der Waals surface area contributed by atoms with Crippen molar-refractivity contribution in [3.63, 3.8) is 0 Å². The van der Waals surface area contributed by atoms with E-state index in [2.05, 4.69) is 50.5 Å². The van der Waals surface area contributed by atoms with Crippen molar-refractivity contribution in [3.8, 4) is 0 Å². The molecule has 1 amide bonds. The molecule has 1 unspecified atom stereocenters. The normalized spacial score (nSPS) is 15.8. The van der Waals surface area contributed by atoms with Gasteiger partial charge in [0, 0.05) is 36.6 Å². The van der Waals surface area contributed by atoms with Gasteiger partial charge in [-0.3, -0.25) is 9.48 Å². The highest BCUT2D eigenvalue weighted by Crippen LogP contribution is 2.40. The molecule has 0 bridgehead atoms. The second kappa shape index (κ2) is 8.08. The van der Waals surface area contributed by atoms with Gasteiger partial charge < -0.3 is 15.4 Å². The van der Waals surface area contributed by atoms with Crippen LogP contribution in [0.1, 0.15) is 31.0 Å². The molecule has 1 aliphatic heterocycles. The fourth-order valence-electron chi connectivity index (χ4n) is 3.51. The van der Waals surface area contributed by atoms with Crippen LogP contribution in [0.15, 0.2) is 28.9 Å². The molecule has 9 heteroatoms. The number of nitrogens with zero attached hydrogens (tertiary/aromatic N) is 4.